The smallest absolute Gasteiger partial charge is 0.340 e. The minimum atomic E-state index is -0.441. The molecule has 0 amide bonds. The number of aromatic nitrogens is 1. The second-order valence-corrected chi connectivity index (χ2v) is 6.33. The zero-order valence-electron chi connectivity index (χ0n) is 15.6. The highest BCUT2D eigenvalue weighted by Gasteiger charge is 2.22. The third kappa shape index (κ3) is 2.91. The minimum absolute atomic E-state index is 0.176. The van der Waals surface area contributed by atoms with Gasteiger partial charge in [0.05, 0.1) is 36.0 Å². The molecule has 0 aliphatic carbocycles. The van der Waals surface area contributed by atoms with Crippen molar-refractivity contribution < 1.29 is 19.1 Å². The van der Waals surface area contributed by atoms with Crippen LogP contribution in [0.4, 0.5) is 0 Å². The van der Waals surface area contributed by atoms with Crippen LogP contribution in [0.5, 0.6) is 5.75 Å². The van der Waals surface area contributed by atoms with Gasteiger partial charge in [0.2, 0.25) is 5.78 Å². The Balaban J connectivity index is 1.96. The summed E-state index contributed by atoms with van der Waals surface area (Å²) in [6, 6.07) is 20.1. The van der Waals surface area contributed by atoms with E-state index < -0.39 is 5.97 Å². The fourth-order valence-corrected chi connectivity index (χ4v) is 3.38. The van der Waals surface area contributed by atoms with Crippen molar-refractivity contribution in [3.8, 4) is 5.75 Å². The van der Waals surface area contributed by atoms with Crippen LogP contribution in [0.3, 0.4) is 0 Å². The molecule has 2 heterocycles. The zero-order chi connectivity index (χ0) is 19.7. The molecule has 4 aromatic rings. The molecule has 0 N–H and O–H groups in total. The number of nitrogens with zero attached hydrogens (tertiary/aromatic N) is 1. The first-order valence-electron chi connectivity index (χ1n) is 9.03. The minimum Gasteiger partial charge on any atom is -0.497 e. The molecule has 0 atom stereocenters. The number of benzene rings is 2. The molecule has 0 saturated carbocycles. The monoisotopic (exact) mass is 373 g/mol. The van der Waals surface area contributed by atoms with Gasteiger partial charge in [-0.1, -0.05) is 24.3 Å². The van der Waals surface area contributed by atoms with E-state index in [4.69, 9.17) is 9.47 Å². The van der Waals surface area contributed by atoms with Crippen molar-refractivity contribution >= 4 is 28.2 Å². The van der Waals surface area contributed by atoms with Crippen molar-refractivity contribution in [3.63, 3.8) is 0 Å². The summed E-state index contributed by atoms with van der Waals surface area (Å²) in [6.45, 7) is 2.03. The summed E-state index contributed by atoms with van der Waals surface area (Å²) >= 11 is 0. The number of ether oxygens (including phenoxy) is 2. The average molecular weight is 373 g/mol. The number of hydrogen-bond acceptors (Lipinski definition) is 4. The maximum atomic E-state index is 13.3. The van der Waals surface area contributed by atoms with Crippen LogP contribution in [0, 0.1) is 0 Å². The van der Waals surface area contributed by atoms with Crippen molar-refractivity contribution in [2.75, 3.05) is 13.7 Å². The molecule has 0 unspecified atom stereocenters. The van der Waals surface area contributed by atoms with Gasteiger partial charge in [-0.2, -0.15) is 0 Å². The van der Waals surface area contributed by atoms with Crippen molar-refractivity contribution in [1.29, 1.82) is 0 Å². The van der Waals surface area contributed by atoms with E-state index >= 15 is 0 Å². The summed E-state index contributed by atoms with van der Waals surface area (Å²) in [4.78, 5) is 25.8. The summed E-state index contributed by atoms with van der Waals surface area (Å²) < 4.78 is 12.2. The normalized spacial score (nSPS) is 10.9. The van der Waals surface area contributed by atoms with Crippen molar-refractivity contribution in [3.05, 3.63) is 83.6 Å². The fourth-order valence-electron chi connectivity index (χ4n) is 3.38. The number of methoxy groups -OCH3 is 1. The highest BCUT2D eigenvalue weighted by atomic mass is 16.5. The number of carbonyl (C=O) groups excluding carboxylic acids is 2. The van der Waals surface area contributed by atoms with Gasteiger partial charge in [0.25, 0.3) is 0 Å². The fraction of sp³-hybridized carbons (Fsp3) is 0.130. The van der Waals surface area contributed by atoms with E-state index in [-0.39, 0.29) is 12.4 Å². The number of esters is 1. The lowest BCUT2D eigenvalue weighted by Gasteiger charge is -2.08. The Morgan fingerprint density at radius 2 is 1.68 bits per heavy atom. The lowest BCUT2D eigenvalue weighted by Crippen LogP contribution is -2.05. The molecule has 140 valence electrons. The first-order chi connectivity index (χ1) is 13.6. The molecule has 0 fully saturated rings. The molecule has 0 aliphatic rings. The van der Waals surface area contributed by atoms with E-state index in [2.05, 4.69) is 0 Å². The predicted molar refractivity (Wildman–Crippen MR) is 107 cm³/mol. The van der Waals surface area contributed by atoms with E-state index in [1.165, 1.54) is 0 Å². The third-order valence-corrected chi connectivity index (χ3v) is 4.72. The molecule has 0 radical (unpaired) electrons. The van der Waals surface area contributed by atoms with E-state index in [1.54, 1.807) is 44.4 Å². The lowest BCUT2D eigenvalue weighted by molar-refractivity contribution is 0.0529. The standard InChI is InChI=1S/C23H19NO4/c1-3-28-23(26)18-14-21(22(25)16-8-11-17(27-2)12-9-16)24-19-7-5-4-6-15(19)10-13-20(18)24/h4-14H,3H2,1-2H3. The number of rotatable bonds is 5. The molecule has 5 heteroatoms. The highest BCUT2D eigenvalue weighted by Crippen LogP contribution is 2.27. The molecule has 4 rings (SSSR count). The molecule has 2 aromatic carbocycles. The summed E-state index contributed by atoms with van der Waals surface area (Å²) in [5.74, 6) is 0.0582. The van der Waals surface area contributed by atoms with Crippen molar-refractivity contribution in [2.45, 2.75) is 6.92 Å². The van der Waals surface area contributed by atoms with Gasteiger partial charge in [-0.25, -0.2) is 4.79 Å². The van der Waals surface area contributed by atoms with Crippen LogP contribution in [-0.2, 0) is 4.74 Å². The second-order valence-electron chi connectivity index (χ2n) is 6.33. The van der Waals surface area contributed by atoms with Crippen molar-refractivity contribution in [1.82, 2.24) is 4.40 Å². The molecule has 2 aromatic heterocycles. The Morgan fingerprint density at radius 1 is 0.929 bits per heavy atom. The number of pyridine rings is 1. The first-order valence-corrected chi connectivity index (χ1v) is 9.03. The van der Waals surface area contributed by atoms with Gasteiger partial charge >= 0.3 is 5.97 Å². The molecule has 0 saturated heterocycles. The van der Waals surface area contributed by atoms with E-state index in [1.807, 2.05) is 40.8 Å². The van der Waals surface area contributed by atoms with E-state index in [0.29, 0.717) is 28.1 Å². The Morgan fingerprint density at radius 3 is 2.39 bits per heavy atom. The SMILES string of the molecule is CCOC(=O)c1cc(C(=O)c2ccc(OC)cc2)n2c1ccc1ccccc12. The van der Waals surface area contributed by atoms with Crippen LogP contribution in [-0.4, -0.2) is 29.9 Å². The van der Waals surface area contributed by atoms with Gasteiger partial charge in [-0.15, -0.1) is 0 Å². The van der Waals surface area contributed by atoms with Gasteiger partial charge in [0.1, 0.15) is 5.75 Å². The summed E-state index contributed by atoms with van der Waals surface area (Å²) in [6.07, 6.45) is 0. The zero-order valence-corrected chi connectivity index (χ0v) is 15.6. The predicted octanol–water partition coefficient (Wildman–Crippen LogP) is 4.51. The number of hydrogen-bond donors (Lipinski definition) is 0. The molecular weight excluding hydrogens is 354 g/mol. The molecular formula is C23H19NO4. The Bertz CT molecular complexity index is 1190. The summed E-state index contributed by atoms with van der Waals surface area (Å²) in [7, 11) is 1.58. The van der Waals surface area contributed by atoms with Gasteiger partial charge in [0, 0.05) is 5.56 Å². The van der Waals surface area contributed by atoms with Crippen LogP contribution in [0.15, 0.2) is 66.7 Å². The topological polar surface area (TPSA) is 57.0 Å². The number of fused-ring (bicyclic) bond motifs is 3. The third-order valence-electron chi connectivity index (χ3n) is 4.72. The van der Waals surface area contributed by atoms with Crippen LogP contribution in [0.1, 0.15) is 33.3 Å². The largest absolute Gasteiger partial charge is 0.497 e. The molecule has 5 nitrogen and oxygen atoms in total. The molecule has 0 bridgehead atoms. The van der Waals surface area contributed by atoms with E-state index in [0.717, 1.165) is 10.9 Å². The van der Waals surface area contributed by atoms with E-state index in [9.17, 15) is 9.59 Å². The maximum Gasteiger partial charge on any atom is 0.340 e. The maximum absolute atomic E-state index is 13.3. The van der Waals surface area contributed by atoms with Crippen LogP contribution >= 0.6 is 0 Å². The Kier molecular flexibility index (Phi) is 4.57. The summed E-state index contributed by atoms with van der Waals surface area (Å²) in [5.41, 5.74) is 2.81. The molecule has 28 heavy (non-hydrogen) atoms. The van der Waals surface area contributed by atoms with Crippen LogP contribution in [0.25, 0.3) is 16.4 Å². The quantitative estimate of drug-likeness (QED) is 0.382. The van der Waals surface area contributed by atoms with Gasteiger partial charge in [-0.05, 0) is 54.8 Å². The number of para-hydroxylation sites is 1. The van der Waals surface area contributed by atoms with Crippen molar-refractivity contribution in [2.24, 2.45) is 0 Å². The van der Waals surface area contributed by atoms with Gasteiger partial charge in [-0.3, -0.25) is 4.79 Å². The first kappa shape index (κ1) is 17.8. The number of carbonyl (C=O) groups is 2. The summed E-state index contributed by atoms with van der Waals surface area (Å²) in [5, 5.41) is 0.977. The second kappa shape index (κ2) is 7.19. The van der Waals surface area contributed by atoms with Crippen LogP contribution in [0.2, 0.25) is 0 Å². The molecule has 0 spiro atoms. The Labute approximate surface area is 162 Å². The highest BCUT2D eigenvalue weighted by molar-refractivity contribution is 6.12. The lowest BCUT2D eigenvalue weighted by atomic mass is 10.1. The Hall–Kier alpha value is -3.60. The van der Waals surface area contributed by atoms with Gasteiger partial charge in [0.15, 0.2) is 0 Å². The average Bonchev–Trinajstić information content (AvgIpc) is 3.14. The molecule has 0 aliphatic heterocycles. The van der Waals surface area contributed by atoms with Gasteiger partial charge < -0.3 is 13.9 Å². The van der Waals surface area contributed by atoms with Crippen LogP contribution < -0.4 is 4.74 Å². The number of ketones is 1.